The summed E-state index contributed by atoms with van der Waals surface area (Å²) in [6.45, 7) is -1.97. The molecular formula is C19H17ClF3N3O3S. The molecule has 0 unspecified atom stereocenters. The van der Waals surface area contributed by atoms with Gasteiger partial charge in [0, 0.05) is 20.6 Å². The zero-order chi connectivity index (χ0) is 22.7. The maximum absolute atomic E-state index is 13.1. The third-order valence-electron chi connectivity index (χ3n) is 4.06. The molecule has 1 amide bonds. The Labute approximate surface area is 177 Å². The number of alkyl halides is 3. The van der Waals surface area contributed by atoms with Crippen molar-refractivity contribution < 1.29 is 26.4 Å². The van der Waals surface area contributed by atoms with Gasteiger partial charge in [-0.1, -0.05) is 23.7 Å². The van der Waals surface area contributed by atoms with E-state index in [9.17, 15) is 26.4 Å². The first-order valence-corrected chi connectivity index (χ1v) is 10.2. The zero-order valence-electron chi connectivity index (χ0n) is 15.9. The Morgan fingerprint density at radius 3 is 2.23 bits per heavy atom. The fraction of sp³-hybridized carbons (Fsp3) is 0.263. The van der Waals surface area contributed by atoms with Gasteiger partial charge in [-0.05, 0) is 35.9 Å². The van der Waals surface area contributed by atoms with E-state index < -0.39 is 35.2 Å². The molecule has 2 aromatic rings. The molecule has 30 heavy (non-hydrogen) atoms. The lowest BCUT2D eigenvalue weighted by molar-refractivity contribution is -0.141. The minimum Gasteiger partial charge on any atom is -0.325 e. The normalized spacial score (nSPS) is 11.9. The summed E-state index contributed by atoms with van der Waals surface area (Å²) in [6, 6.07) is 10.9. The molecule has 0 saturated heterocycles. The molecule has 0 N–H and O–H groups in total. The van der Waals surface area contributed by atoms with Crippen LogP contribution in [0.4, 0.5) is 13.2 Å². The van der Waals surface area contributed by atoms with E-state index in [0.29, 0.717) is 16.0 Å². The summed E-state index contributed by atoms with van der Waals surface area (Å²) in [7, 11) is -1.36. The summed E-state index contributed by atoms with van der Waals surface area (Å²) in [5.41, 5.74) is 0.314. The third-order valence-corrected chi connectivity index (χ3v) is 6.20. The monoisotopic (exact) mass is 459 g/mol. The van der Waals surface area contributed by atoms with Crippen molar-refractivity contribution in [2.75, 3.05) is 20.6 Å². The third kappa shape index (κ3) is 5.72. The first kappa shape index (κ1) is 23.7. The standard InChI is InChI=1S/C19H17ClF3N3O3S/c1-25(2)30(28,29)15-7-8-17(20)16(9-15)18(27)26(12-19(21,22)23)11-14-5-3-13(10-24)4-6-14/h3-9H,11-12H2,1-2H3. The molecule has 0 aliphatic rings. The highest BCUT2D eigenvalue weighted by Gasteiger charge is 2.34. The molecule has 0 spiro atoms. The zero-order valence-corrected chi connectivity index (χ0v) is 17.5. The van der Waals surface area contributed by atoms with Crippen molar-refractivity contribution in [2.24, 2.45) is 0 Å². The molecule has 0 atom stereocenters. The number of hydrogen-bond acceptors (Lipinski definition) is 4. The summed E-state index contributed by atoms with van der Waals surface area (Å²) in [5, 5.41) is 8.65. The van der Waals surface area contributed by atoms with Crippen molar-refractivity contribution in [1.82, 2.24) is 9.21 Å². The maximum Gasteiger partial charge on any atom is 0.406 e. The predicted octanol–water partition coefficient (Wildman–Crippen LogP) is 3.67. The van der Waals surface area contributed by atoms with Crippen molar-refractivity contribution in [3.05, 3.63) is 64.2 Å². The molecule has 0 bridgehead atoms. The van der Waals surface area contributed by atoms with Gasteiger partial charge in [-0.15, -0.1) is 0 Å². The van der Waals surface area contributed by atoms with Gasteiger partial charge in [-0.25, -0.2) is 12.7 Å². The molecule has 160 valence electrons. The van der Waals surface area contributed by atoms with Crippen LogP contribution in [0.25, 0.3) is 0 Å². The molecular weight excluding hydrogens is 443 g/mol. The van der Waals surface area contributed by atoms with Crippen LogP contribution in [0.2, 0.25) is 5.02 Å². The smallest absolute Gasteiger partial charge is 0.325 e. The van der Waals surface area contributed by atoms with Gasteiger partial charge in [0.05, 0.1) is 27.1 Å². The van der Waals surface area contributed by atoms with Crippen LogP contribution < -0.4 is 0 Å². The number of carbonyl (C=O) groups is 1. The summed E-state index contributed by atoms with van der Waals surface area (Å²) in [4.78, 5) is 13.2. The minimum atomic E-state index is -4.69. The number of carbonyl (C=O) groups excluding carboxylic acids is 1. The fourth-order valence-electron chi connectivity index (χ4n) is 2.53. The van der Waals surface area contributed by atoms with Crippen LogP contribution in [-0.4, -0.2) is 50.3 Å². The first-order valence-electron chi connectivity index (χ1n) is 8.42. The van der Waals surface area contributed by atoms with Gasteiger partial charge in [0.15, 0.2) is 0 Å². The molecule has 11 heteroatoms. The number of halogens is 4. The molecule has 6 nitrogen and oxygen atoms in total. The second-order valence-electron chi connectivity index (χ2n) is 6.51. The Hall–Kier alpha value is -2.61. The average molecular weight is 460 g/mol. The Bertz CT molecular complexity index is 1080. The van der Waals surface area contributed by atoms with Crippen LogP contribution in [0.5, 0.6) is 0 Å². The van der Waals surface area contributed by atoms with E-state index in [1.165, 1.54) is 44.4 Å². The summed E-state index contributed by atoms with van der Waals surface area (Å²) in [6.07, 6.45) is -4.69. The van der Waals surface area contributed by atoms with E-state index >= 15 is 0 Å². The van der Waals surface area contributed by atoms with Gasteiger partial charge >= 0.3 is 6.18 Å². The minimum absolute atomic E-state index is 0.176. The highest BCUT2D eigenvalue weighted by atomic mass is 35.5. The SMILES string of the molecule is CN(C)S(=O)(=O)c1ccc(Cl)c(C(=O)N(Cc2ccc(C#N)cc2)CC(F)(F)F)c1. The van der Waals surface area contributed by atoms with Gasteiger partial charge in [0.25, 0.3) is 5.91 Å². The number of sulfonamides is 1. The van der Waals surface area contributed by atoms with Crippen LogP contribution in [-0.2, 0) is 16.6 Å². The van der Waals surface area contributed by atoms with E-state index in [1.807, 2.05) is 6.07 Å². The lowest BCUT2D eigenvalue weighted by Crippen LogP contribution is -2.38. The van der Waals surface area contributed by atoms with Crippen LogP contribution in [0.15, 0.2) is 47.4 Å². The van der Waals surface area contributed by atoms with Crippen molar-refractivity contribution in [2.45, 2.75) is 17.6 Å². The summed E-state index contributed by atoms with van der Waals surface area (Å²) >= 11 is 6.01. The Kier molecular flexibility index (Phi) is 7.13. The van der Waals surface area contributed by atoms with E-state index in [2.05, 4.69) is 0 Å². The Morgan fingerprint density at radius 1 is 1.13 bits per heavy atom. The highest BCUT2D eigenvalue weighted by molar-refractivity contribution is 7.89. The molecule has 2 aromatic carbocycles. The molecule has 0 aliphatic heterocycles. The number of hydrogen-bond donors (Lipinski definition) is 0. The molecule has 0 heterocycles. The summed E-state index contributed by atoms with van der Waals surface area (Å²) < 4.78 is 64.9. The number of amides is 1. The van der Waals surface area contributed by atoms with Gasteiger partial charge in [-0.3, -0.25) is 4.79 Å². The number of nitrogens with zero attached hydrogens (tertiary/aromatic N) is 3. The largest absolute Gasteiger partial charge is 0.406 e. The van der Waals surface area contributed by atoms with E-state index in [1.54, 1.807) is 0 Å². The van der Waals surface area contributed by atoms with E-state index in [-0.39, 0.29) is 15.5 Å². The second kappa shape index (κ2) is 9.04. The highest BCUT2D eigenvalue weighted by Crippen LogP contribution is 2.26. The molecule has 0 radical (unpaired) electrons. The Balaban J connectivity index is 2.46. The van der Waals surface area contributed by atoms with Crippen LogP contribution in [0, 0.1) is 11.3 Å². The maximum atomic E-state index is 13.1. The van der Waals surface area contributed by atoms with Gasteiger partial charge in [0.2, 0.25) is 10.0 Å². The van der Waals surface area contributed by atoms with Crippen molar-refractivity contribution in [3.63, 3.8) is 0 Å². The predicted molar refractivity (Wildman–Crippen MR) is 104 cm³/mol. The van der Waals surface area contributed by atoms with Crippen molar-refractivity contribution in [3.8, 4) is 6.07 Å². The summed E-state index contributed by atoms with van der Waals surface area (Å²) in [5.74, 6) is -1.07. The van der Waals surface area contributed by atoms with Crippen molar-refractivity contribution in [1.29, 1.82) is 5.26 Å². The number of nitriles is 1. The Morgan fingerprint density at radius 2 is 1.73 bits per heavy atom. The quantitative estimate of drug-likeness (QED) is 0.660. The lowest BCUT2D eigenvalue weighted by Gasteiger charge is -2.25. The van der Waals surface area contributed by atoms with Crippen molar-refractivity contribution >= 4 is 27.5 Å². The van der Waals surface area contributed by atoms with Crippen LogP contribution in [0.1, 0.15) is 21.5 Å². The molecule has 2 rings (SSSR count). The first-order chi connectivity index (χ1) is 13.8. The van der Waals surface area contributed by atoms with Crippen LogP contribution in [0.3, 0.4) is 0 Å². The fourth-order valence-corrected chi connectivity index (χ4v) is 3.66. The number of benzene rings is 2. The van der Waals surface area contributed by atoms with Crippen LogP contribution >= 0.6 is 11.6 Å². The topological polar surface area (TPSA) is 81.5 Å². The molecule has 0 fully saturated rings. The number of rotatable bonds is 6. The van der Waals surface area contributed by atoms with Gasteiger partial charge in [0.1, 0.15) is 6.54 Å². The van der Waals surface area contributed by atoms with E-state index in [4.69, 9.17) is 16.9 Å². The van der Waals surface area contributed by atoms with Gasteiger partial charge < -0.3 is 4.90 Å². The second-order valence-corrected chi connectivity index (χ2v) is 9.07. The van der Waals surface area contributed by atoms with Gasteiger partial charge in [-0.2, -0.15) is 18.4 Å². The molecule has 0 aliphatic carbocycles. The molecule has 0 saturated carbocycles. The lowest BCUT2D eigenvalue weighted by atomic mass is 10.1. The molecule has 0 aromatic heterocycles. The van der Waals surface area contributed by atoms with E-state index in [0.717, 1.165) is 16.4 Å². The average Bonchev–Trinajstić information content (AvgIpc) is 2.66.